The lowest BCUT2D eigenvalue weighted by molar-refractivity contribution is -0.141. The maximum Gasteiger partial charge on any atom is 0.326 e. The van der Waals surface area contributed by atoms with E-state index in [1.165, 1.54) is 17.0 Å². The van der Waals surface area contributed by atoms with Gasteiger partial charge in [-0.05, 0) is 80.1 Å². The maximum absolute atomic E-state index is 12.8. The van der Waals surface area contributed by atoms with Crippen LogP contribution in [0.2, 0.25) is 0 Å². The molecular formula is C27H36N4O7S. The van der Waals surface area contributed by atoms with Crippen LogP contribution in [0.25, 0.3) is 0 Å². The van der Waals surface area contributed by atoms with Crippen LogP contribution in [-0.4, -0.2) is 85.5 Å². The largest absolute Gasteiger partial charge is 0.506 e. The Kier molecular flexibility index (Phi) is 8.98. The van der Waals surface area contributed by atoms with Gasteiger partial charge in [0.25, 0.3) is 5.91 Å². The zero-order chi connectivity index (χ0) is 28.2. The predicted octanol–water partition coefficient (Wildman–Crippen LogP) is 1.99. The van der Waals surface area contributed by atoms with Crippen LogP contribution in [0, 0.1) is 5.92 Å². The number of hydrogen-bond donors (Lipinski definition) is 5. The molecule has 12 heteroatoms. The molecule has 11 nitrogen and oxygen atoms in total. The number of aliphatic hydroxyl groups is 1. The summed E-state index contributed by atoms with van der Waals surface area (Å²) < 4.78 is 25.2. The number of carboxylic acid groups (broad SMARTS) is 1. The summed E-state index contributed by atoms with van der Waals surface area (Å²) in [5.41, 5.74) is 2.04. The molecule has 2 fully saturated rings. The SMILES string of the molecule is CS(=O)(=O)Nc1cc(C(O)CNCC2CCN(c3ccc(C(=O)N4CCC[C@H]4C(=O)O)cc3)CC2)ccc1O. The highest BCUT2D eigenvalue weighted by atomic mass is 32.2. The number of carbonyl (C=O) groups is 2. The van der Waals surface area contributed by atoms with Crippen LogP contribution in [0.4, 0.5) is 11.4 Å². The van der Waals surface area contributed by atoms with Gasteiger partial charge in [0.15, 0.2) is 0 Å². The number of carbonyl (C=O) groups excluding carboxylic acids is 1. The van der Waals surface area contributed by atoms with E-state index < -0.39 is 28.1 Å². The summed E-state index contributed by atoms with van der Waals surface area (Å²) in [5.74, 6) is -0.982. The minimum atomic E-state index is -3.56. The first kappa shape index (κ1) is 28.7. The number of benzene rings is 2. The lowest BCUT2D eigenvalue weighted by Gasteiger charge is -2.34. The number of aromatic hydroxyl groups is 1. The Bertz CT molecular complexity index is 1280. The number of piperidine rings is 1. The average Bonchev–Trinajstić information content (AvgIpc) is 3.40. The van der Waals surface area contributed by atoms with E-state index in [0.717, 1.165) is 44.4 Å². The van der Waals surface area contributed by atoms with Gasteiger partial charge in [0.2, 0.25) is 10.0 Å². The van der Waals surface area contributed by atoms with Gasteiger partial charge >= 0.3 is 5.97 Å². The number of hydrogen-bond acceptors (Lipinski definition) is 8. The van der Waals surface area contributed by atoms with E-state index in [2.05, 4.69) is 14.9 Å². The molecule has 2 heterocycles. The fourth-order valence-electron chi connectivity index (χ4n) is 5.23. The summed E-state index contributed by atoms with van der Waals surface area (Å²) in [6.45, 7) is 3.19. The minimum Gasteiger partial charge on any atom is -0.506 e. The molecule has 2 aliphatic heterocycles. The van der Waals surface area contributed by atoms with Crippen molar-refractivity contribution in [3.05, 3.63) is 53.6 Å². The summed E-state index contributed by atoms with van der Waals surface area (Å²) in [7, 11) is -3.56. The number of nitrogens with one attached hydrogen (secondary N) is 2. The van der Waals surface area contributed by atoms with Crippen LogP contribution in [0.5, 0.6) is 5.75 Å². The number of phenols is 1. The van der Waals surface area contributed by atoms with Crippen molar-refractivity contribution in [3.63, 3.8) is 0 Å². The van der Waals surface area contributed by atoms with E-state index in [1.54, 1.807) is 18.2 Å². The number of nitrogens with zero attached hydrogens (tertiary/aromatic N) is 2. The van der Waals surface area contributed by atoms with E-state index in [4.69, 9.17) is 0 Å². The van der Waals surface area contributed by atoms with Crippen molar-refractivity contribution >= 4 is 33.3 Å². The summed E-state index contributed by atoms with van der Waals surface area (Å²) in [6, 6.07) is 11.0. The first-order valence-electron chi connectivity index (χ1n) is 13.1. The third-order valence-corrected chi connectivity index (χ3v) is 7.95. The van der Waals surface area contributed by atoms with Crippen LogP contribution < -0.4 is 14.9 Å². The summed E-state index contributed by atoms with van der Waals surface area (Å²) in [6.07, 6.45) is 3.23. The van der Waals surface area contributed by atoms with Gasteiger partial charge in [0, 0.05) is 37.4 Å². The molecule has 2 saturated heterocycles. The Balaban J connectivity index is 1.23. The highest BCUT2D eigenvalue weighted by Gasteiger charge is 2.34. The van der Waals surface area contributed by atoms with Crippen LogP contribution in [0.3, 0.4) is 0 Å². The average molecular weight is 561 g/mol. The van der Waals surface area contributed by atoms with Gasteiger partial charge < -0.3 is 30.4 Å². The Morgan fingerprint density at radius 1 is 1.05 bits per heavy atom. The lowest BCUT2D eigenvalue weighted by atomic mass is 9.96. The van der Waals surface area contributed by atoms with Crippen molar-refractivity contribution < 1.29 is 33.3 Å². The zero-order valence-electron chi connectivity index (χ0n) is 21.9. The molecule has 2 aliphatic rings. The normalized spacial score (nSPS) is 19.2. The monoisotopic (exact) mass is 560 g/mol. The molecule has 0 saturated carbocycles. The molecule has 2 aromatic rings. The molecule has 0 radical (unpaired) electrons. The molecule has 4 rings (SSSR count). The number of likely N-dealkylation sites (tertiary alicyclic amines) is 1. The quantitative estimate of drug-likeness (QED) is 0.274. The van der Waals surface area contributed by atoms with Gasteiger partial charge in [-0.25, -0.2) is 13.2 Å². The van der Waals surface area contributed by atoms with Gasteiger partial charge in [0.1, 0.15) is 11.8 Å². The molecule has 2 atom stereocenters. The van der Waals surface area contributed by atoms with Gasteiger partial charge in [0.05, 0.1) is 18.0 Å². The second-order valence-electron chi connectivity index (χ2n) is 10.3. The summed E-state index contributed by atoms with van der Waals surface area (Å²) >= 11 is 0. The second kappa shape index (κ2) is 12.2. The van der Waals surface area contributed by atoms with Crippen LogP contribution in [0.15, 0.2) is 42.5 Å². The van der Waals surface area contributed by atoms with Gasteiger partial charge in [-0.15, -0.1) is 0 Å². The Morgan fingerprint density at radius 2 is 1.74 bits per heavy atom. The number of anilines is 2. The van der Waals surface area contributed by atoms with Crippen molar-refractivity contribution in [2.45, 2.75) is 37.8 Å². The number of carboxylic acids is 1. The van der Waals surface area contributed by atoms with Crippen molar-refractivity contribution in [1.29, 1.82) is 0 Å². The Morgan fingerprint density at radius 3 is 2.38 bits per heavy atom. The molecule has 0 spiro atoms. The topological polar surface area (TPSA) is 160 Å². The molecule has 0 aromatic heterocycles. The number of aliphatic hydroxyl groups excluding tert-OH is 1. The van der Waals surface area contributed by atoms with Crippen LogP contribution in [-0.2, 0) is 14.8 Å². The molecule has 1 amide bonds. The van der Waals surface area contributed by atoms with Crippen LogP contribution >= 0.6 is 0 Å². The number of phenolic OH excluding ortho intramolecular Hbond substituents is 1. The predicted molar refractivity (Wildman–Crippen MR) is 147 cm³/mol. The number of amides is 1. The smallest absolute Gasteiger partial charge is 0.326 e. The molecular weight excluding hydrogens is 524 g/mol. The maximum atomic E-state index is 12.8. The van der Waals surface area contributed by atoms with E-state index in [-0.39, 0.29) is 17.3 Å². The minimum absolute atomic E-state index is 0.0271. The molecule has 212 valence electrons. The molecule has 2 aromatic carbocycles. The Labute approximate surface area is 228 Å². The lowest BCUT2D eigenvalue weighted by Crippen LogP contribution is -2.40. The van der Waals surface area contributed by atoms with E-state index >= 15 is 0 Å². The summed E-state index contributed by atoms with van der Waals surface area (Å²) in [4.78, 5) is 27.9. The first-order chi connectivity index (χ1) is 18.5. The van der Waals surface area contributed by atoms with Crippen molar-refractivity contribution in [2.75, 3.05) is 48.6 Å². The third-order valence-electron chi connectivity index (χ3n) is 7.36. The number of sulfonamides is 1. The fraction of sp³-hybridized carbons (Fsp3) is 0.481. The van der Waals surface area contributed by atoms with Gasteiger partial charge in [-0.1, -0.05) is 6.07 Å². The Hall–Kier alpha value is -3.35. The van der Waals surface area contributed by atoms with Crippen molar-refractivity contribution in [3.8, 4) is 5.75 Å². The fourth-order valence-corrected chi connectivity index (χ4v) is 5.79. The highest BCUT2D eigenvalue weighted by molar-refractivity contribution is 7.92. The van der Waals surface area contributed by atoms with Crippen LogP contribution in [0.1, 0.15) is 47.7 Å². The van der Waals surface area contributed by atoms with Crippen molar-refractivity contribution in [1.82, 2.24) is 10.2 Å². The van der Waals surface area contributed by atoms with Crippen molar-refractivity contribution in [2.24, 2.45) is 5.92 Å². The molecule has 1 unspecified atom stereocenters. The molecule has 0 bridgehead atoms. The molecule has 0 aliphatic carbocycles. The third kappa shape index (κ3) is 7.40. The first-order valence-corrected chi connectivity index (χ1v) is 15.0. The number of aliphatic carboxylic acids is 1. The van der Waals surface area contributed by atoms with E-state index in [1.807, 2.05) is 12.1 Å². The standard InChI is InChI=1S/C27H36N4O7S/c1-39(37,38)29-22-15-20(6-9-24(22)32)25(33)17-28-16-18-10-13-30(14-11-18)21-7-4-19(5-8-21)26(34)31-12-2-3-23(31)27(35)36/h4-9,15,18,23,25,28-29,32-33H,2-3,10-14,16-17H2,1H3,(H,35,36)/t23-,25?/m0/s1. The summed E-state index contributed by atoms with van der Waals surface area (Å²) in [5, 5.41) is 33.1. The second-order valence-corrected chi connectivity index (χ2v) is 12.0. The molecule has 39 heavy (non-hydrogen) atoms. The van der Waals surface area contributed by atoms with E-state index in [0.29, 0.717) is 43.0 Å². The molecule has 5 N–H and O–H groups in total. The highest BCUT2D eigenvalue weighted by Crippen LogP contribution is 2.28. The van der Waals surface area contributed by atoms with Gasteiger partial charge in [-0.2, -0.15) is 0 Å². The zero-order valence-corrected chi connectivity index (χ0v) is 22.7. The number of rotatable bonds is 10. The van der Waals surface area contributed by atoms with E-state index in [9.17, 15) is 33.3 Å². The van der Waals surface area contributed by atoms with Gasteiger partial charge in [-0.3, -0.25) is 9.52 Å².